The highest BCUT2D eigenvalue weighted by Gasteiger charge is 2.17. The maximum atomic E-state index is 12.0. The molecule has 0 aromatic carbocycles. The number of nitro groups is 1. The van der Waals surface area contributed by atoms with Crippen LogP contribution in [0, 0.1) is 10.1 Å². The molecule has 0 unspecified atom stereocenters. The second-order valence-electron chi connectivity index (χ2n) is 4.16. The van der Waals surface area contributed by atoms with Gasteiger partial charge in [0.05, 0.1) is 11.5 Å². The minimum Gasteiger partial charge on any atom is -0.360 e. The van der Waals surface area contributed by atoms with Crippen LogP contribution in [0.4, 0.5) is 10.8 Å². The quantitative estimate of drug-likeness (QED) is 0.615. The Bertz CT molecular complexity index is 714. The normalized spacial score (nSPS) is 10.6. The van der Waals surface area contributed by atoms with Crippen LogP contribution in [-0.2, 0) is 6.54 Å². The van der Waals surface area contributed by atoms with Gasteiger partial charge in [0.15, 0.2) is 0 Å². The number of pyridine rings is 1. The van der Waals surface area contributed by atoms with Gasteiger partial charge in [-0.15, -0.1) is 10.2 Å². The van der Waals surface area contributed by atoms with E-state index in [1.165, 1.54) is 28.2 Å². The van der Waals surface area contributed by atoms with Crippen molar-refractivity contribution in [3.63, 3.8) is 0 Å². The fourth-order valence-corrected chi connectivity index (χ4v) is 2.83. The Balaban J connectivity index is 2.25. The molecule has 0 aliphatic rings. The summed E-state index contributed by atoms with van der Waals surface area (Å²) in [5.74, 6) is 0. The third-order valence-electron chi connectivity index (χ3n) is 2.53. The zero-order chi connectivity index (χ0) is 15.4. The Morgan fingerprint density at radius 1 is 1.52 bits per heavy atom. The molecule has 0 aliphatic heterocycles. The molecule has 0 aliphatic carbocycles. The van der Waals surface area contributed by atoms with Crippen LogP contribution in [0.1, 0.15) is 18.4 Å². The van der Waals surface area contributed by atoms with E-state index in [-0.39, 0.29) is 6.54 Å². The van der Waals surface area contributed by atoms with Gasteiger partial charge in [0.2, 0.25) is 5.13 Å². The molecule has 0 bridgehead atoms. The third-order valence-corrected chi connectivity index (χ3v) is 3.83. The fraction of sp³-hybridized carbons (Fsp3) is 0.364. The van der Waals surface area contributed by atoms with E-state index in [1.807, 2.05) is 6.92 Å². The van der Waals surface area contributed by atoms with E-state index in [0.717, 1.165) is 13.0 Å². The van der Waals surface area contributed by atoms with Crippen molar-refractivity contribution in [1.29, 1.82) is 0 Å². The van der Waals surface area contributed by atoms with Gasteiger partial charge in [0.25, 0.3) is 0 Å². The number of halogens is 1. The summed E-state index contributed by atoms with van der Waals surface area (Å²) < 4.78 is 1.70. The van der Waals surface area contributed by atoms with Crippen molar-refractivity contribution in [2.75, 3.05) is 11.9 Å². The standard InChI is InChI=1S/C11H12BrN5O3S/c1-2-3-13-11-15-14-9(21-11)6-16-5-7(12)4-8(10(16)18)17(19)20/h4-5H,2-3,6H2,1H3,(H,13,15). The zero-order valence-corrected chi connectivity index (χ0v) is 13.5. The van der Waals surface area contributed by atoms with E-state index in [4.69, 9.17) is 0 Å². The maximum Gasteiger partial charge on any atom is 0.335 e. The predicted octanol–water partition coefficient (Wildman–Crippen LogP) is 2.24. The average molecular weight is 374 g/mol. The molecule has 2 aromatic rings. The molecular formula is C11H12BrN5O3S. The van der Waals surface area contributed by atoms with Crippen molar-refractivity contribution >= 4 is 38.1 Å². The molecule has 0 saturated heterocycles. The van der Waals surface area contributed by atoms with Crippen molar-refractivity contribution in [1.82, 2.24) is 14.8 Å². The minimum atomic E-state index is -0.697. The second-order valence-corrected chi connectivity index (χ2v) is 6.14. The monoisotopic (exact) mass is 373 g/mol. The van der Waals surface area contributed by atoms with Gasteiger partial charge >= 0.3 is 11.2 Å². The Kier molecular flexibility index (Phi) is 5.02. The lowest BCUT2D eigenvalue weighted by molar-refractivity contribution is -0.386. The van der Waals surface area contributed by atoms with Gasteiger partial charge < -0.3 is 9.88 Å². The van der Waals surface area contributed by atoms with Gasteiger partial charge in [-0.1, -0.05) is 18.3 Å². The van der Waals surface area contributed by atoms with Gasteiger partial charge in [-0.3, -0.25) is 14.9 Å². The summed E-state index contributed by atoms with van der Waals surface area (Å²) in [6.45, 7) is 2.97. The van der Waals surface area contributed by atoms with Crippen LogP contribution < -0.4 is 10.9 Å². The number of rotatable bonds is 6. The van der Waals surface area contributed by atoms with Crippen LogP contribution >= 0.6 is 27.3 Å². The van der Waals surface area contributed by atoms with Crippen LogP contribution in [0.25, 0.3) is 0 Å². The summed E-state index contributed by atoms with van der Waals surface area (Å²) in [6, 6.07) is 1.19. The summed E-state index contributed by atoms with van der Waals surface area (Å²) in [4.78, 5) is 22.1. The summed E-state index contributed by atoms with van der Waals surface area (Å²) in [7, 11) is 0. The van der Waals surface area contributed by atoms with Crippen molar-refractivity contribution in [3.8, 4) is 0 Å². The Morgan fingerprint density at radius 3 is 2.95 bits per heavy atom. The number of hydrogen-bond acceptors (Lipinski definition) is 7. The Hall–Kier alpha value is -1.81. The maximum absolute atomic E-state index is 12.0. The van der Waals surface area contributed by atoms with E-state index >= 15 is 0 Å². The molecule has 8 nitrogen and oxygen atoms in total. The number of aromatic nitrogens is 3. The first-order chi connectivity index (χ1) is 10.0. The number of nitrogens with zero attached hydrogens (tertiary/aromatic N) is 4. The Morgan fingerprint density at radius 2 is 2.29 bits per heavy atom. The highest BCUT2D eigenvalue weighted by atomic mass is 79.9. The first kappa shape index (κ1) is 15.6. The van der Waals surface area contributed by atoms with Crippen molar-refractivity contribution in [2.45, 2.75) is 19.9 Å². The predicted molar refractivity (Wildman–Crippen MR) is 82.8 cm³/mol. The molecule has 10 heteroatoms. The van der Waals surface area contributed by atoms with Gasteiger partial charge in [0, 0.05) is 23.3 Å². The molecule has 0 atom stereocenters. The van der Waals surface area contributed by atoms with E-state index in [9.17, 15) is 14.9 Å². The summed E-state index contributed by atoms with van der Waals surface area (Å²) in [5, 5.41) is 23.1. The average Bonchev–Trinajstić information content (AvgIpc) is 2.87. The Labute approximate surface area is 132 Å². The highest BCUT2D eigenvalue weighted by molar-refractivity contribution is 9.10. The highest BCUT2D eigenvalue weighted by Crippen LogP contribution is 2.18. The van der Waals surface area contributed by atoms with Gasteiger partial charge in [0.1, 0.15) is 5.01 Å². The molecule has 1 N–H and O–H groups in total. The fourth-order valence-electron chi connectivity index (χ4n) is 1.60. The van der Waals surface area contributed by atoms with Crippen LogP contribution in [0.5, 0.6) is 0 Å². The topological polar surface area (TPSA) is 103 Å². The van der Waals surface area contributed by atoms with E-state index in [0.29, 0.717) is 14.6 Å². The van der Waals surface area contributed by atoms with E-state index in [1.54, 1.807) is 0 Å². The van der Waals surface area contributed by atoms with E-state index < -0.39 is 16.2 Å². The van der Waals surface area contributed by atoms with Crippen LogP contribution in [-0.4, -0.2) is 26.2 Å². The van der Waals surface area contributed by atoms with Gasteiger partial charge in [-0.05, 0) is 22.4 Å². The summed E-state index contributed by atoms with van der Waals surface area (Å²) in [5.41, 5.74) is -1.14. The zero-order valence-electron chi connectivity index (χ0n) is 11.1. The summed E-state index contributed by atoms with van der Waals surface area (Å²) in [6.07, 6.45) is 2.46. The molecule has 112 valence electrons. The number of nitrogens with one attached hydrogen (secondary N) is 1. The molecule has 0 spiro atoms. The minimum absolute atomic E-state index is 0.143. The molecule has 0 fully saturated rings. The lowest BCUT2D eigenvalue weighted by atomic mass is 10.4. The van der Waals surface area contributed by atoms with Crippen molar-refractivity contribution < 1.29 is 4.92 Å². The van der Waals surface area contributed by atoms with Gasteiger partial charge in [-0.2, -0.15) is 0 Å². The van der Waals surface area contributed by atoms with Gasteiger partial charge in [-0.25, -0.2) is 0 Å². The van der Waals surface area contributed by atoms with Crippen LogP contribution in [0.3, 0.4) is 0 Å². The first-order valence-electron chi connectivity index (χ1n) is 6.12. The lowest BCUT2D eigenvalue weighted by Gasteiger charge is -2.03. The molecular weight excluding hydrogens is 362 g/mol. The van der Waals surface area contributed by atoms with Crippen molar-refractivity contribution in [2.24, 2.45) is 0 Å². The smallest absolute Gasteiger partial charge is 0.335 e. The number of anilines is 1. The SMILES string of the molecule is CCCNc1nnc(Cn2cc(Br)cc([N+](=O)[O-])c2=O)s1. The molecule has 2 heterocycles. The molecule has 0 amide bonds. The molecule has 0 saturated carbocycles. The molecule has 2 rings (SSSR count). The van der Waals surface area contributed by atoms with Crippen LogP contribution in [0.2, 0.25) is 0 Å². The lowest BCUT2D eigenvalue weighted by Crippen LogP contribution is -2.22. The van der Waals surface area contributed by atoms with Crippen LogP contribution in [0.15, 0.2) is 21.5 Å². The largest absolute Gasteiger partial charge is 0.360 e. The van der Waals surface area contributed by atoms with Crippen molar-refractivity contribution in [3.05, 3.63) is 42.2 Å². The molecule has 21 heavy (non-hydrogen) atoms. The molecule has 0 radical (unpaired) electrons. The second kappa shape index (κ2) is 6.76. The third kappa shape index (κ3) is 3.85. The molecule has 2 aromatic heterocycles. The summed E-state index contributed by atoms with van der Waals surface area (Å²) >= 11 is 4.48. The van der Waals surface area contributed by atoms with E-state index in [2.05, 4.69) is 31.4 Å². The first-order valence-corrected chi connectivity index (χ1v) is 7.73. The number of hydrogen-bond donors (Lipinski definition) is 1.